The monoisotopic (exact) mass is 404 g/mol. The van der Waals surface area contributed by atoms with Crippen LogP contribution in [0.15, 0.2) is 33.6 Å². The Labute approximate surface area is 161 Å². The van der Waals surface area contributed by atoms with Gasteiger partial charge in [-0.2, -0.15) is 23.3 Å². The fourth-order valence-corrected chi connectivity index (χ4v) is 3.10. The summed E-state index contributed by atoms with van der Waals surface area (Å²) in [6, 6.07) is 6.51. The molecule has 3 aromatic heterocycles. The summed E-state index contributed by atoms with van der Waals surface area (Å²) in [5.74, 6) is -1.03. The van der Waals surface area contributed by atoms with Crippen LogP contribution in [0.4, 0.5) is 13.2 Å². The molecule has 0 aliphatic carbocycles. The smallest absolute Gasteiger partial charge is 0.329 e. The Kier molecular flexibility index (Phi) is 4.25. The molecule has 0 amide bonds. The molecular formula is C18H15F3N6O2. The van der Waals surface area contributed by atoms with Crippen molar-refractivity contribution < 1.29 is 17.7 Å². The number of hydrogen-bond acceptors (Lipinski definition) is 6. The molecule has 4 rings (SSSR count). The topological polar surface area (TPSA) is 91.6 Å². The summed E-state index contributed by atoms with van der Waals surface area (Å²) < 4.78 is 45.1. The first-order chi connectivity index (χ1) is 13.6. The number of alkyl halides is 3. The molecule has 8 nitrogen and oxygen atoms in total. The molecule has 0 bridgehead atoms. The zero-order chi connectivity index (χ0) is 20.9. The van der Waals surface area contributed by atoms with Crippen molar-refractivity contribution in [1.82, 2.24) is 29.5 Å². The van der Waals surface area contributed by atoms with Crippen LogP contribution in [0.25, 0.3) is 22.4 Å². The molecule has 150 valence electrons. The number of aryl methyl sites for hydroxylation is 3. The van der Waals surface area contributed by atoms with E-state index in [9.17, 15) is 18.0 Å². The van der Waals surface area contributed by atoms with Crippen molar-refractivity contribution in [3.8, 4) is 11.4 Å². The molecule has 0 unspecified atom stereocenters. The highest BCUT2D eigenvalue weighted by molar-refractivity contribution is 5.77. The third-order valence-electron chi connectivity index (χ3n) is 4.53. The van der Waals surface area contributed by atoms with Gasteiger partial charge < -0.3 is 4.52 Å². The van der Waals surface area contributed by atoms with Crippen LogP contribution >= 0.6 is 0 Å². The number of nitrogens with zero attached hydrogens (tertiary/aromatic N) is 6. The third kappa shape index (κ3) is 3.28. The zero-order valence-electron chi connectivity index (χ0n) is 15.7. The Hall–Kier alpha value is -3.50. The largest absolute Gasteiger partial charge is 0.471 e. The van der Waals surface area contributed by atoms with Gasteiger partial charge >= 0.3 is 12.1 Å². The molecule has 0 N–H and O–H groups in total. The van der Waals surface area contributed by atoms with Crippen molar-refractivity contribution in [3.05, 3.63) is 57.6 Å². The molecule has 29 heavy (non-hydrogen) atoms. The van der Waals surface area contributed by atoms with Gasteiger partial charge in [-0.25, -0.2) is 9.67 Å². The maximum atomic E-state index is 12.9. The minimum absolute atomic E-state index is 0.161. The van der Waals surface area contributed by atoms with E-state index in [2.05, 4.69) is 24.7 Å². The fourth-order valence-electron chi connectivity index (χ4n) is 3.10. The highest BCUT2D eigenvalue weighted by Crippen LogP contribution is 2.29. The number of hydrogen-bond donors (Lipinski definition) is 0. The second-order valence-corrected chi connectivity index (χ2v) is 6.58. The summed E-state index contributed by atoms with van der Waals surface area (Å²) in [4.78, 5) is 20.7. The molecular weight excluding hydrogens is 389 g/mol. The van der Waals surface area contributed by atoms with Crippen molar-refractivity contribution in [2.75, 3.05) is 0 Å². The van der Waals surface area contributed by atoms with Gasteiger partial charge in [0.15, 0.2) is 5.65 Å². The Bertz CT molecular complexity index is 1270. The highest BCUT2D eigenvalue weighted by Gasteiger charge is 2.38. The Morgan fingerprint density at radius 2 is 1.79 bits per heavy atom. The van der Waals surface area contributed by atoms with E-state index in [-0.39, 0.29) is 17.9 Å². The molecule has 0 saturated carbocycles. The molecule has 0 aliphatic rings. The average Bonchev–Trinajstić information content (AvgIpc) is 3.25. The first-order valence-corrected chi connectivity index (χ1v) is 8.56. The van der Waals surface area contributed by atoms with E-state index in [4.69, 9.17) is 0 Å². The molecule has 1 aromatic carbocycles. The number of halogens is 3. The van der Waals surface area contributed by atoms with Crippen LogP contribution in [-0.2, 0) is 19.8 Å². The van der Waals surface area contributed by atoms with Crippen molar-refractivity contribution in [2.24, 2.45) is 7.05 Å². The predicted octanol–water partition coefficient (Wildman–Crippen LogP) is 2.86. The van der Waals surface area contributed by atoms with Crippen molar-refractivity contribution >= 4 is 11.0 Å². The summed E-state index contributed by atoms with van der Waals surface area (Å²) in [5.41, 5.74) is 2.06. The van der Waals surface area contributed by atoms with Crippen LogP contribution in [-0.4, -0.2) is 29.5 Å². The fraction of sp³-hybridized carbons (Fsp3) is 0.278. The molecule has 4 aromatic rings. The predicted molar refractivity (Wildman–Crippen MR) is 96.1 cm³/mol. The molecule has 0 atom stereocenters. The van der Waals surface area contributed by atoms with Gasteiger partial charge in [0.05, 0.1) is 12.2 Å². The number of rotatable bonds is 3. The molecule has 0 spiro atoms. The number of fused-ring (bicyclic) bond motifs is 1. The average molecular weight is 404 g/mol. The second-order valence-electron chi connectivity index (χ2n) is 6.58. The molecule has 0 saturated heterocycles. The number of aromatic nitrogens is 6. The number of benzene rings is 1. The lowest BCUT2D eigenvalue weighted by atomic mass is 10.1. The lowest BCUT2D eigenvalue weighted by Gasteiger charge is -2.10. The van der Waals surface area contributed by atoms with E-state index in [0.29, 0.717) is 28.1 Å². The van der Waals surface area contributed by atoms with Crippen LogP contribution in [0, 0.1) is 13.8 Å². The van der Waals surface area contributed by atoms with E-state index in [1.165, 1.54) is 4.57 Å². The lowest BCUT2D eigenvalue weighted by Crippen LogP contribution is -2.24. The van der Waals surface area contributed by atoms with Crippen LogP contribution in [0.3, 0.4) is 0 Å². The SMILES string of the molecule is Cc1nn(C)c2nc(C)n(Cc3ccc(-c4noc(C(F)(F)F)n4)cc3)c(=O)c12. The van der Waals surface area contributed by atoms with Gasteiger partial charge in [0.25, 0.3) is 5.56 Å². The Morgan fingerprint density at radius 1 is 1.10 bits per heavy atom. The van der Waals surface area contributed by atoms with Gasteiger partial charge in [-0.1, -0.05) is 29.4 Å². The van der Waals surface area contributed by atoms with Gasteiger partial charge in [0.2, 0.25) is 5.82 Å². The van der Waals surface area contributed by atoms with Gasteiger partial charge in [-0.15, -0.1) is 0 Å². The van der Waals surface area contributed by atoms with E-state index < -0.39 is 12.1 Å². The third-order valence-corrected chi connectivity index (χ3v) is 4.53. The van der Waals surface area contributed by atoms with Gasteiger partial charge in [0, 0.05) is 12.6 Å². The van der Waals surface area contributed by atoms with Crippen LogP contribution < -0.4 is 5.56 Å². The summed E-state index contributed by atoms with van der Waals surface area (Å²) in [5, 5.41) is 8.06. The molecule has 3 heterocycles. The molecule has 0 aliphatic heterocycles. The van der Waals surface area contributed by atoms with E-state index in [1.807, 2.05) is 0 Å². The van der Waals surface area contributed by atoms with E-state index in [0.717, 1.165) is 5.56 Å². The molecule has 0 fully saturated rings. The van der Waals surface area contributed by atoms with Crippen LogP contribution in [0.5, 0.6) is 0 Å². The summed E-state index contributed by atoms with van der Waals surface area (Å²) in [6.45, 7) is 3.73. The zero-order valence-corrected chi connectivity index (χ0v) is 15.7. The lowest BCUT2D eigenvalue weighted by molar-refractivity contribution is -0.159. The first kappa shape index (κ1) is 18.8. The normalized spacial score (nSPS) is 12.1. The quantitative estimate of drug-likeness (QED) is 0.522. The van der Waals surface area contributed by atoms with Crippen molar-refractivity contribution in [2.45, 2.75) is 26.6 Å². The van der Waals surface area contributed by atoms with Crippen LogP contribution in [0.1, 0.15) is 23.0 Å². The minimum atomic E-state index is -4.69. The standard InChI is InChI=1S/C18H15F3N6O2/c1-9-13-15(26(3)24-9)22-10(2)27(16(13)28)8-11-4-6-12(7-5-11)14-23-17(29-25-14)18(19,20)21/h4-7H,8H2,1-3H3. The molecule has 11 heteroatoms. The first-order valence-electron chi connectivity index (χ1n) is 8.56. The van der Waals surface area contributed by atoms with E-state index in [1.54, 1.807) is 49.8 Å². The van der Waals surface area contributed by atoms with Crippen LogP contribution in [0.2, 0.25) is 0 Å². The van der Waals surface area contributed by atoms with Crippen molar-refractivity contribution in [3.63, 3.8) is 0 Å². The summed E-state index contributed by atoms with van der Waals surface area (Å²) in [7, 11) is 1.73. The van der Waals surface area contributed by atoms with Gasteiger partial charge in [-0.3, -0.25) is 9.36 Å². The van der Waals surface area contributed by atoms with Gasteiger partial charge in [0.1, 0.15) is 11.2 Å². The minimum Gasteiger partial charge on any atom is -0.329 e. The van der Waals surface area contributed by atoms with Gasteiger partial charge in [-0.05, 0) is 19.4 Å². The Balaban J connectivity index is 1.65. The highest BCUT2D eigenvalue weighted by atomic mass is 19.4. The molecule has 0 radical (unpaired) electrons. The van der Waals surface area contributed by atoms with Crippen molar-refractivity contribution in [1.29, 1.82) is 0 Å². The maximum absolute atomic E-state index is 12.9. The second kappa shape index (κ2) is 6.54. The Morgan fingerprint density at radius 3 is 2.41 bits per heavy atom. The summed E-state index contributed by atoms with van der Waals surface area (Å²) in [6.07, 6.45) is -4.69. The summed E-state index contributed by atoms with van der Waals surface area (Å²) >= 11 is 0. The van der Waals surface area contributed by atoms with E-state index >= 15 is 0 Å². The maximum Gasteiger partial charge on any atom is 0.471 e.